The fourth-order valence-corrected chi connectivity index (χ4v) is 2.01. The summed E-state index contributed by atoms with van der Waals surface area (Å²) in [6.45, 7) is 0.523. The first-order chi connectivity index (χ1) is 11.1. The van der Waals surface area contributed by atoms with Gasteiger partial charge in [0.1, 0.15) is 5.82 Å². The lowest BCUT2D eigenvalue weighted by Gasteiger charge is -2.03. The standard InChI is InChI=1S/C17H19N3O3/c1-20-12-11-18-15(20)9-10-19-16(21)8-5-13-3-6-14(7-4-13)17(22)23-2/h3-8,11-12H,9-10H2,1-2H3,(H,19,21)/b8-5+. The normalized spacial score (nSPS) is 10.7. The molecule has 0 aliphatic heterocycles. The molecule has 6 nitrogen and oxygen atoms in total. The molecule has 1 aromatic heterocycles. The predicted molar refractivity (Wildman–Crippen MR) is 86.7 cm³/mol. The molecule has 23 heavy (non-hydrogen) atoms. The molecule has 0 aliphatic carbocycles. The summed E-state index contributed by atoms with van der Waals surface area (Å²) in [5, 5.41) is 2.80. The number of aryl methyl sites for hydroxylation is 1. The van der Waals surface area contributed by atoms with Gasteiger partial charge in [-0.2, -0.15) is 0 Å². The van der Waals surface area contributed by atoms with Crippen LogP contribution in [-0.2, 0) is 23.0 Å². The summed E-state index contributed by atoms with van der Waals surface area (Å²) in [5.41, 5.74) is 1.31. The quantitative estimate of drug-likeness (QED) is 0.649. The molecule has 1 aromatic carbocycles. The van der Waals surface area contributed by atoms with E-state index >= 15 is 0 Å². The Kier molecular flexibility index (Phi) is 5.68. The van der Waals surface area contributed by atoms with Crippen LogP contribution in [-0.4, -0.2) is 35.1 Å². The molecule has 0 saturated carbocycles. The van der Waals surface area contributed by atoms with Gasteiger partial charge in [-0.25, -0.2) is 9.78 Å². The number of carbonyl (C=O) groups excluding carboxylic acids is 2. The number of hydrogen-bond donors (Lipinski definition) is 1. The zero-order valence-corrected chi connectivity index (χ0v) is 13.2. The topological polar surface area (TPSA) is 73.2 Å². The number of nitrogens with zero attached hydrogens (tertiary/aromatic N) is 2. The molecule has 0 aliphatic rings. The maximum Gasteiger partial charge on any atom is 0.337 e. The van der Waals surface area contributed by atoms with Gasteiger partial charge < -0.3 is 14.6 Å². The third-order valence-corrected chi connectivity index (χ3v) is 3.33. The Bertz CT molecular complexity index is 702. The molecule has 0 spiro atoms. The van der Waals surface area contributed by atoms with E-state index < -0.39 is 0 Å². The minimum absolute atomic E-state index is 0.170. The van der Waals surface area contributed by atoms with Gasteiger partial charge in [0.2, 0.25) is 5.91 Å². The maximum absolute atomic E-state index is 11.8. The smallest absolute Gasteiger partial charge is 0.337 e. The van der Waals surface area contributed by atoms with Crippen LogP contribution >= 0.6 is 0 Å². The van der Waals surface area contributed by atoms with Gasteiger partial charge in [-0.1, -0.05) is 12.1 Å². The van der Waals surface area contributed by atoms with E-state index in [1.54, 1.807) is 36.5 Å². The van der Waals surface area contributed by atoms with E-state index in [0.29, 0.717) is 18.5 Å². The molecule has 0 radical (unpaired) electrons. The van der Waals surface area contributed by atoms with E-state index in [0.717, 1.165) is 11.4 Å². The number of esters is 1. The fraction of sp³-hybridized carbons (Fsp3) is 0.235. The lowest BCUT2D eigenvalue weighted by Crippen LogP contribution is -2.24. The molecule has 6 heteroatoms. The molecule has 0 fully saturated rings. The van der Waals surface area contributed by atoms with E-state index in [9.17, 15) is 9.59 Å². The number of methoxy groups -OCH3 is 1. The minimum Gasteiger partial charge on any atom is -0.465 e. The second kappa shape index (κ2) is 7.93. The van der Waals surface area contributed by atoms with Crippen molar-refractivity contribution in [3.8, 4) is 0 Å². The summed E-state index contributed by atoms with van der Waals surface area (Å²) in [5.74, 6) is 0.372. The third kappa shape index (κ3) is 4.81. The highest BCUT2D eigenvalue weighted by molar-refractivity contribution is 5.92. The summed E-state index contributed by atoms with van der Waals surface area (Å²) in [4.78, 5) is 27.3. The van der Waals surface area contributed by atoms with E-state index in [1.807, 2.05) is 17.8 Å². The van der Waals surface area contributed by atoms with Gasteiger partial charge in [0.05, 0.1) is 12.7 Å². The Balaban J connectivity index is 1.81. The second-order valence-electron chi connectivity index (χ2n) is 4.94. The van der Waals surface area contributed by atoms with Gasteiger partial charge in [0, 0.05) is 38.5 Å². The third-order valence-electron chi connectivity index (χ3n) is 3.33. The predicted octanol–water partition coefficient (Wildman–Crippen LogP) is 1.58. The molecule has 2 rings (SSSR count). The number of nitrogens with one attached hydrogen (secondary N) is 1. The van der Waals surface area contributed by atoms with E-state index in [4.69, 9.17) is 0 Å². The molecule has 0 atom stereocenters. The zero-order valence-electron chi connectivity index (χ0n) is 13.2. The van der Waals surface area contributed by atoms with Crippen molar-refractivity contribution in [2.24, 2.45) is 7.05 Å². The molecule has 1 amide bonds. The van der Waals surface area contributed by atoms with Crippen molar-refractivity contribution < 1.29 is 14.3 Å². The van der Waals surface area contributed by atoms with Crippen molar-refractivity contribution in [1.29, 1.82) is 0 Å². The van der Waals surface area contributed by atoms with Crippen LogP contribution in [0.25, 0.3) is 6.08 Å². The maximum atomic E-state index is 11.8. The number of benzene rings is 1. The highest BCUT2D eigenvalue weighted by atomic mass is 16.5. The van der Waals surface area contributed by atoms with Crippen molar-refractivity contribution in [2.45, 2.75) is 6.42 Å². The van der Waals surface area contributed by atoms with Crippen LogP contribution < -0.4 is 5.32 Å². The van der Waals surface area contributed by atoms with Crippen LogP contribution in [0.15, 0.2) is 42.7 Å². The Morgan fingerprint density at radius 1 is 1.30 bits per heavy atom. The Labute approximate surface area is 134 Å². The average molecular weight is 313 g/mol. The molecule has 1 N–H and O–H groups in total. The van der Waals surface area contributed by atoms with E-state index in [2.05, 4.69) is 15.0 Å². The molecule has 2 aromatic rings. The number of imidazole rings is 1. The van der Waals surface area contributed by atoms with Crippen molar-refractivity contribution in [3.63, 3.8) is 0 Å². The molecule has 1 heterocycles. The number of amides is 1. The van der Waals surface area contributed by atoms with Gasteiger partial charge in [-0.3, -0.25) is 4.79 Å². The van der Waals surface area contributed by atoms with Crippen LogP contribution in [0.4, 0.5) is 0 Å². The second-order valence-corrected chi connectivity index (χ2v) is 4.94. The highest BCUT2D eigenvalue weighted by Gasteiger charge is 2.03. The van der Waals surface area contributed by atoms with Crippen molar-refractivity contribution in [3.05, 3.63) is 59.7 Å². The van der Waals surface area contributed by atoms with E-state index in [-0.39, 0.29) is 11.9 Å². The first kappa shape index (κ1) is 16.5. The lowest BCUT2D eigenvalue weighted by molar-refractivity contribution is -0.116. The minimum atomic E-state index is -0.382. The largest absolute Gasteiger partial charge is 0.465 e. The van der Waals surface area contributed by atoms with Crippen LogP contribution in [0, 0.1) is 0 Å². The van der Waals surface area contributed by atoms with Crippen LogP contribution in [0.1, 0.15) is 21.7 Å². The SMILES string of the molecule is COC(=O)c1ccc(/C=C/C(=O)NCCc2nccn2C)cc1. The number of carbonyl (C=O) groups is 2. The lowest BCUT2D eigenvalue weighted by atomic mass is 10.1. The summed E-state index contributed by atoms with van der Waals surface area (Å²) in [6, 6.07) is 6.82. The fourth-order valence-electron chi connectivity index (χ4n) is 2.01. The molecular weight excluding hydrogens is 294 g/mol. The summed E-state index contributed by atoms with van der Waals surface area (Å²) >= 11 is 0. The van der Waals surface area contributed by atoms with Crippen molar-refractivity contribution in [1.82, 2.24) is 14.9 Å². The Morgan fingerprint density at radius 2 is 2.04 bits per heavy atom. The van der Waals surface area contributed by atoms with Crippen molar-refractivity contribution >= 4 is 18.0 Å². The number of rotatable bonds is 6. The van der Waals surface area contributed by atoms with Gasteiger partial charge in [-0.15, -0.1) is 0 Å². The average Bonchev–Trinajstić information content (AvgIpc) is 2.98. The molecule has 120 valence electrons. The summed E-state index contributed by atoms with van der Waals surface area (Å²) in [6.07, 6.45) is 7.43. The van der Waals surface area contributed by atoms with Gasteiger partial charge in [-0.05, 0) is 23.8 Å². The number of ether oxygens (including phenoxy) is 1. The Morgan fingerprint density at radius 3 is 2.65 bits per heavy atom. The zero-order chi connectivity index (χ0) is 16.7. The summed E-state index contributed by atoms with van der Waals surface area (Å²) in [7, 11) is 3.26. The van der Waals surface area contributed by atoms with Crippen LogP contribution in [0.2, 0.25) is 0 Å². The number of aromatic nitrogens is 2. The first-order valence-electron chi connectivity index (χ1n) is 7.20. The highest BCUT2D eigenvalue weighted by Crippen LogP contribution is 2.07. The molecule has 0 bridgehead atoms. The van der Waals surface area contributed by atoms with Crippen molar-refractivity contribution in [2.75, 3.05) is 13.7 Å². The summed E-state index contributed by atoms with van der Waals surface area (Å²) < 4.78 is 6.55. The first-order valence-corrected chi connectivity index (χ1v) is 7.20. The van der Waals surface area contributed by atoms with Crippen LogP contribution in [0.5, 0.6) is 0 Å². The Hall–Kier alpha value is -2.89. The molecule has 0 saturated heterocycles. The molecule has 0 unspecified atom stereocenters. The van der Waals surface area contributed by atoms with Gasteiger partial charge >= 0.3 is 5.97 Å². The van der Waals surface area contributed by atoms with Gasteiger partial charge in [0.15, 0.2) is 0 Å². The van der Waals surface area contributed by atoms with E-state index in [1.165, 1.54) is 13.2 Å². The monoisotopic (exact) mass is 313 g/mol. The molecular formula is C17H19N3O3. The van der Waals surface area contributed by atoms with Gasteiger partial charge in [0.25, 0.3) is 0 Å². The van der Waals surface area contributed by atoms with Crippen LogP contribution in [0.3, 0.4) is 0 Å². The number of hydrogen-bond acceptors (Lipinski definition) is 4.